The molecule has 0 bridgehead atoms. The minimum atomic E-state index is 0.443. The molecule has 1 unspecified atom stereocenters. The maximum absolute atomic E-state index is 5.37. The van der Waals surface area contributed by atoms with E-state index >= 15 is 0 Å². The number of hydrogen-bond donors (Lipinski definition) is 2. The summed E-state index contributed by atoms with van der Waals surface area (Å²) in [6.07, 6.45) is 0. The van der Waals surface area contributed by atoms with Crippen molar-refractivity contribution in [2.45, 2.75) is 19.5 Å². The number of rotatable bonds is 4. The molecule has 1 aromatic heterocycles. The normalized spacial score (nSPS) is 21.8. The van der Waals surface area contributed by atoms with Gasteiger partial charge >= 0.3 is 0 Å². The Hall–Kier alpha value is -0.490. The van der Waals surface area contributed by atoms with Crippen LogP contribution in [0.1, 0.15) is 10.7 Å². The Labute approximate surface area is 94.1 Å². The fourth-order valence-electron chi connectivity index (χ4n) is 1.61. The zero-order valence-electron chi connectivity index (χ0n) is 8.95. The lowest BCUT2D eigenvalue weighted by atomic mass is 10.3. The summed E-state index contributed by atoms with van der Waals surface area (Å²) < 4.78 is 5.37. The summed E-state index contributed by atoms with van der Waals surface area (Å²) in [5.74, 6) is 0. The van der Waals surface area contributed by atoms with Gasteiger partial charge in [-0.1, -0.05) is 0 Å². The molecule has 84 valence electrons. The topological polar surface area (TPSA) is 46.2 Å². The van der Waals surface area contributed by atoms with Gasteiger partial charge in [-0.3, -0.25) is 0 Å². The fourth-order valence-corrected chi connectivity index (χ4v) is 2.23. The van der Waals surface area contributed by atoms with Crippen molar-refractivity contribution in [3.05, 3.63) is 16.1 Å². The van der Waals surface area contributed by atoms with Crippen LogP contribution >= 0.6 is 11.3 Å². The van der Waals surface area contributed by atoms with Crippen molar-refractivity contribution in [2.24, 2.45) is 0 Å². The van der Waals surface area contributed by atoms with Gasteiger partial charge in [0, 0.05) is 31.1 Å². The first-order valence-electron chi connectivity index (χ1n) is 5.27. The van der Waals surface area contributed by atoms with Crippen LogP contribution in [0, 0.1) is 6.92 Å². The van der Waals surface area contributed by atoms with Crippen molar-refractivity contribution < 1.29 is 4.74 Å². The molecule has 0 amide bonds. The van der Waals surface area contributed by atoms with E-state index in [1.54, 1.807) is 11.3 Å². The monoisotopic (exact) mass is 227 g/mol. The molecular weight excluding hydrogens is 210 g/mol. The molecule has 1 aliphatic heterocycles. The molecule has 0 saturated carbocycles. The van der Waals surface area contributed by atoms with Crippen LogP contribution in [0.15, 0.2) is 5.38 Å². The van der Waals surface area contributed by atoms with Crippen molar-refractivity contribution in [2.75, 3.05) is 26.3 Å². The smallest absolute Gasteiger partial charge is 0.0897 e. The third-order valence-corrected chi connectivity index (χ3v) is 3.18. The summed E-state index contributed by atoms with van der Waals surface area (Å²) in [6, 6.07) is 0.443. The molecule has 2 N–H and O–H groups in total. The van der Waals surface area contributed by atoms with Gasteiger partial charge in [0.2, 0.25) is 0 Å². The van der Waals surface area contributed by atoms with E-state index < -0.39 is 0 Å². The van der Waals surface area contributed by atoms with E-state index in [0.717, 1.165) is 43.5 Å². The maximum atomic E-state index is 5.37. The Bertz CT molecular complexity index is 297. The van der Waals surface area contributed by atoms with E-state index in [-0.39, 0.29) is 0 Å². The zero-order valence-corrected chi connectivity index (χ0v) is 9.77. The van der Waals surface area contributed by atoms with Gasteiger partial charge in [0.25, 0.3) is 0 Å². The van der Waals surface area contributed by atoms with Gasteiger partial charge < -0.3 is 15.4 Å². The van der Waals surface area contributed by atoms with Gasteiger partial charge in [0.15, 0.2) is 0 Å². The number of hydrogen-bond acceptors (Lipinski definition) is 5. The van der Waals surface area contributed by atoms with Crippen LogP contribution in [0.25, 0.3) is 0 Å². The molecule has 0 aromatic carbocycles. The van der Waals surface area contributed by atoms with Crippen molar-refractivity contribution in [1.82, 2.24) is 15.6 Å². The molecule has 0 spiro atoms. The van der Waals surface area contributed by atoms with Crippen LogP contribution in [0.2, 0.25) is 0 Å². The maximum Gasteiger partial charge on any atom is 0.0897 e. The zero-order chi connectivity index (χ0) is 10.5. The highest BCUT2D eigenvalue weighted by Gasteiger charge is 2.11. The molecule has 1 saturated heterocycles. The summed E-state index contributed by atoms with van der Waals surface area (Å²) in [5.41, 5.74) is 1.13. The Kier molecular flexibility index (Phi) is 4.08. The number of ether oxygens (including phenoxy) is 1. The van der Waals surface area contributed by atoms with Crippen molar-refractivity contribution in [3.63, 3.8) is 0 Å². The second kappa shape index (κ2) is 5.55. The van der Waals surface area contributed by atoms with Crippen molar-refractivity contribution in [3.8, 4) is 0 Å². The van der Waals surface area contributed by atoms with Gasteiger partial charge in [0.05, 0.1) is 23.9 Å². The third-order valence-electron chi connectivity index (χ3n) is 2.36. The van der Waals surface area contributed by atoms with E-state index in [2.05, 4.69) is 21.0 Å². The minimum absolute atomic E-state index is 0.443. The average Bonchev–Trinajstić information content (AvgIpc) is 2.66. The van der Waals surface area contributed by atoms with Gasteiger partial charge in [-0.25, -0.2) is 4.98 Å². The van der Waals surface area contributed by atoms with Crippen LogP contribution in [-0.4, -0.2) is 37.3 Å². The molecule has 5 heteroatoms. The summed E-state index contributed by atoms with van der Waals surface area (Å²) in [5, 5.41) is 10.0. The molecule has 2 rings (SSSR count). The lowest BCUT2D eigenvalue weighted by Crippen LogP contribution is -2.47. The summed E-state index contributed by atoms with van der Waals surface area (Å²) in [6.45, 7) is 6.43. The molecular formula is C10H17N3OS. The molecule has 1 fully saturated rings. The van der Waals surface area contributed by atoms with E-state index in [4.69, 9.17) is 4.74 Å². The number of nitrogens with zero attached hydrogens (tertiary/aromatic N) is 1. The van der Waals surface area contributed by atoms with Crippen LogP contribution in [0.4, 0.5) is 0 Å². The van der Waals surface area contributed by atoms with Crippen LogP contribution < -0.4 is 10.6 Å². The highest BCUT2D eigenvalue weighted by Crippen LogP contribution is 2.07. The molecule has 1 aromatic rings. The van der Waals surface area contributed by atoms with Crippen LogP contribution in [0.3, 0.4) is 0 Å². The number of morpholine rings is 1. The molecule has 1 aliphatic rings. The Morgan fingerprint density at radius 2 is 2.67 bits per heavy atom. The van der Waals surface area contributed by atoms with E-state index in [1.165, 1.54) is 0 Å². The third kappa shape index (κ3) is 3.53. The standard InChI is InChI=1S/C10H17N3OS/c1-8-13-10(7-15-8)5-11-4-9-6-14-3-2-12-9/h7,9,11-12H,2-6H2,1H3. The fraction of sp³-hybridized carbons (Fsp3) is 0.700. The predicted molar refractivity (Wildman–Crippen MR) is 61.2 cm³/mol. The quantitative estimate of drug-likeness (QED) is 0.787. The van der Waals surface area contributed by atoms with E-state index in [1.807, 2.05) is 6.92 Å². The van der Waals surface area contributed by atoms with Crippen molar-refractivity contribution in [1.29, 1.82) is 0 Å². The summed E-state index contributed by atoms with van der Waals surface area (Å²) >= 11 is 1.70. The molecule has 4 nitrogen and oxygen atoms in total. The number of nitrogens with one attached hydrogen (secondary N) is 2. The number of aromatic nitrogens is 1. The van der Waals surface area contributed by atoms with Gasteiger partial charge in [-0.15, -0.1) is 11.3 Å². The van der Waals surface area contributed by atoms with Crippen LogP contribution in [-0.2, 0) is 11.3 Å². The highest BCUT2D eigenvalue weighted by atomic mass is 32.1. The second-order valence-corrected chi connectivity index (χ2v) is 4.78. The predicted octanol–water partition coefficient (Wildman–Crippen LogP) is 0.530. The summed E-state index contributed by atoms with van der Waals surface area (Å²) in [7, 11) is 0. The summed E-state index contributed by atoms with van der Waals surface area (Å²) in [4.78, 5) is 4.40. The van der Waals surface area contributed by atoms with Gasteiger partial charge in [-0.05, 0) is 6.92 Å². The molecule has 2 heterocycles. The minimum Gasteiger partial charge on any atom is -0.378 e. The second-order valence-electron chi connectivity index (χ2n) is 3.71. The van der Waals surface area contributed by atoms with Crippen LogP contribution in [0.5, 0.6) is 0 Å². The average molecular weight is 227 g/mol. The Balaban J connectivity index is 1.65. The first-order chi connectivity index (χ1) is 7.34. The molecule has 15 heavy (non-hydrogen) atoms. The van der Waals surface area contributed by atoms with Gasteiger partial charge in [-0.2, -0.15) is 0 Å². The first kappa shape index (κ1) is 11.0. The Morgan fingerprint density at radius 1 is 1.73 bits per heavy atom. The number of thiazole rings is 1. The first-order valence-corrected chi connectivity index (χ1v) is 6.15. The largest absolute Gasteiger partial charge is 0.378 e. The van der Waals surface area contributed by atoms with E-state index in [0.29, 0.717) is 6.04 Å². The van der Waals surface area contributed by atoms with Crippen molar-refractivity contribution >= 4 is 11.3 Å². The lowest BCUT2D eigenvalue weighted by molar-refractivity contribution is 0.0766. The Morgan fingerprint density at radius 3 is 3.33 bits per heavy atom. The SMILES string of the molecule is Cc1nc(CNCC2COCCN2)cs1. The highest BCUT2D eigenvalue weighted by molar-refractivity contribution is 7.09. The number of aryl methyl sites for hydroxylation is 1. The molecule has 1 atom stereocenters. The van der Waals surface area contributed by atoms with Gasteiger partial charge in [0.1, 0.15) is 0 Å². The molecule has 0 aliphatic carbocycles. The lowest BCUT2D eigenvalue weighted by Gasteiger charge is -2.23. The van der Waals surface area contributed by atoms with E-state index in [9.17, 15) is 0 Å². The molecule has 0 radical (unpaired) electrons.